The number of para-hydroxylation sites is 1. The molecule has 0 radical (unpaired) electrons. The highest BCUT2D eigenvalue weighted by Gasteiger charge is 2.23. The van der Waals surface area contributed by atoms with Crippen LogP contribution in [0, 0.1) is 0 Å². The molecule has 0 saturated carbocycles. The third-order valence-electron chi connectivity index (χ3n) is 3.94. The van der Waals surface area contributed by atoms with E-state index in [1.54, 1.807) is 0 Å². The summed E-state index contributed by atoms with van der Waals surface area (Å²) in [6, 6.07) is 8.68. The van der Waals surface area contributed by atoms with Gasteiger partial charge in [0.2, 0.25) is 0 Å². The maximum Gasteiger partial charge on any atom is 0.0413 e. The molecule has 19 heavy (non-hydrogen) atoms. The summed E-state index contributed by atoms with van der Waals surface area (Å²) >= 11 is 0. The summed E-state index contributed by atoms with van der Waals surface area (Å²) in [6.07, 6.45) is 1.13. The second-order valence-corrected chi connectivity index (χ2v) is 6.96. The van der Waals surface area contributed by atoms with Crippen LogP contribution in [0.5, 0.6) is 0 Å². The van der Waals surface area contributed by atoms with Crippen molar-refractivity contribution in [3.05, 3.63) is 29.8 Å². The Hall–Kier alpha value is -1.02. The Morgan fingerprint density at radius 3 is 2.16 bits per heavy atom. The summed E-state index contributed by atoms with van der Waals surface area (Å²) in [5.41, 5.74) is 3.01. The highest BCUT2D eigenvalue weighted by Crippen LogP contribution is 2.28. The van der Waals surface area contributed by atoms with Gasteiger partial charge >= 0.3 is 0 Å². The molecule has 0 aliphatic carbocycles. The minimum atomic E-state index is 0.145. The van der Waals surface area contributed by atoms with Crippen molar-refractivity contribution in [3.8, 4) is 0 Å². The quantitative estimate of drug-likeness (QED) is 0.855. The molecule has 1 rings (SSSR count). The van der Waals surface area contributed by atoms with Crippen molar-refractivity contribution >= 4 is 5.69 Å². The zero-order valence-corrected chi connectivity index (χ0v) is 13.7. The van der Waals surface area contributed by atoms with Crippen molar-refractivity contribution in [3.63, 3.8) is 0 Å². The Balaban J connectivity index is 2.96. The minimum Gasteiger partial charge on any atom is -0.369 e. The molecule has 2 nitrogen and oxygen atoms in total. The molecule has 0 atom stereocenters. The molecule has 1 aromatic rings. The Labute approximate surface area is 119 Å². The highest BCUT2D eigenvalue weighted by molar-refractivity contribution is 5.54. The number of benzene rings is 1. The first-order valence-electron chi connectivity index (χ1n) is 7.24. The zero-order chi connectivity index (χ0) is 14.7. The Bertz CT molecular complexity index is 402. The summed E-state index contributed by atoms with van der Waals surface area (Å²) in [6.45, 7) is 14.3. The Kier molecular flexibility index (Phi) is 5.03. The Morgan fingerprint density at radius 2 is 1.63 bits per heavy atom. The fourth-order valence-corrected chi connectivity index (χ4v) is 1.91. The molecule has 0 amide bonds. The first-order valence-corrected chi connectivity index (χ1v) is 7.24. The SMILES string of the molecule is CCC(C)(C)N(C)c1ccccc1CNC(C)(C)C. The van der Waals surface area contributed by atoms with Crippen molar-refractivity contribution in [1.29, 1.82) is 0 Å². The van der Waals surface area contributed by atoms with Crippen LogP contribution in [0.3, 0.4) is 0 Å². The van der Waals surface area contributed by atoms with Gasteiger partial charge in [-0.2, -0.15) is 0 Å². The van der Waals surface area contributed by atoms with Crippen molar-refractivity contribution < 1.29 is 0 Å². The Morgan fingerprint density at radius 1 is 1.05 bits per heavy atom. The molecule has 1 aromatic carbocycles. The molecule has 0 aliphatic heterocycles. The second kappa shape index (κ2) is 5.96. The lowest BCUT2D eigenvalue weighted by molar-refractivity contribution is 0.422. The summed E-state index contributed by atoms with van der Waals surface area (Å²) < 4.78 is 0. The fourth-order valence-electron chi connectivity index (χ4n) is 1.91. The molecule has 0 spiro atoms. The summed E-state index contributed by atoms with van der Waals surface area (Å²) in [5, 5.41) is 3.58. The predicted molar refractivity (Wildman–Crippen MR) is 85.8 cm³/mol. The van der Waals surface area contributed by atoms with Gasteiger partial charge in [0.05, 0.1) is 0 Å². The normalized spacial score (nSPS) is 12.6. The van der Waals surface area contributed by atoms with Crippen LogP contribution < -0.4 is 10.2 Å². The molecule has 0 unspecified atom stereocenters. The number of hydrogen-bond acceptors (Lipinski definition) is 2. The summed E-state index contributed by atoms with van der Waals surface area (Å²) in [7, 11) is 2.19. The highest BCUT2D eigenvalue weighted by atomic mass is 15.2. The van der Waals surface area contributed by atoms with Crippen molar-refractivity contribution in [1.82, 2.24) is 5.32 Å². The third-order valence-corrected chi connectivity index (χ3v) is 3.94. The molecule has 1 N–H and O–H groups in total. The number of anilines is 1. The van der Waals surface area contributed by atoms with Crippen LogP contribution in [0.2, 0.25) is 0 Å². The van der Waals surface area contributed by atoms with Gasteiger partial charge < -0.3 is 10.2 Å². The molecule has 2 heteroatoms. The van der Waals surface area contributed by atoms with E-state index in [0.29, 0.717) is 0 Å². The van der Waals surface area contributed by atoms with Crippen molar-refractivity contribution in [2.75, 3.05) is 11.9 Å². The average molecular weight is 262 g/mol. The standard InChI is InChI=1S/C17H30N2/c1-8-17(5,6)19(7)15-12-10-9-11-14(15)13-18-16(2,3)4/h9-12,18H,8,13H2,1-7H3. The molecular formula is C17H30N2. The van der Waals surface area contributed by atoms with E-state index in [4.69, 9.17) is 0 Å². The van der Waals surface area contributed by atoms with Gasteiger partial charge in [0.1, 0.15) is 0 Å². The van der Waals surface area contributed by atoms with E-state index in [-0.39, 0.29) is 11.1 Å². The topological polar surface area (TPSA) is 15.3 Å². The lowest BCUT2D eigenvalue weighted by Crippen LogP contribution is -2.42. The van der Waals surface area contributed by atoms with E-state index in [2.05, 4.69) is 83.1 Å². The summed E-state index contributed by atoms with van der Waals surface area (Å²) in [5.74, 6) is 0. The minimum absolute atomic E-state index is 0.145. The van der Waals surface area contributed by atoms with Crippen LogP contribution in [0.15, 0.2) is 24.3 Å². The number of rotatable bonds is 5. The summed E-state index contributed by atoms with van der Waals surface area (Å²) in [4.78, 5) is 2.40. The van der Waals surface area contributed by atoms with Gasteiger partial charge in [-0.3, -0.25) is 0 Å². The number of nitrogens with zero attached hydrogens (tertiary/aromatic N) is 1. The maximum absolute atomic E-state index is 3.58. The molecule has 0 bridgehead atoms. The van der Waals surface area contributed by atoms with E-state index in [0.717, 1.165) is 13.0 Å². The van der Waals surface area contributed by atoms with Gasteiger partial charge in [0, 0.05) is 30.4 Å². The lowest BCUT2D eigenvalue weighted by atomic mass is 9.97. The van der Waals surface area contributed by atoms with Crippen molar-refractivity contribution in [2.45, 2.75) is 65.6 Å². The molecule has 108 valence electrons. The maximum atomic E-state index is 3.58. The fraction of sp³-hybridized carbons (Fsp3) is 0.647. The van der Waals surface area contributed by atoms with Crippen LogP contribution in [-0.2, 0) is 6.54 Å². The number of hydrogen-bond donors (Lipinski definition) is 1. The van der Waals surface area contributed by atoms with Crippen molar-refractivity contribution in [2.24, 2.45) is 0 Å². The molecule has 0 aliphatic rings. The van der Waals surface area contributed by atoms with E-state index in [1.807, 2.05) is 0 Å². The number of nitrogens with one attached hydrogen (secondary N) is 1. The first kappa shape index (κ1) is 16.0. The predicted octanol–water partition coefficient (Wildman–Crippen LogP) is 4.20. The van der Waals surface area contributed by atoms with E-state index < -0.39 is 0 Å². The second-order valence-electron chi connectivity index (χ2n) is 6.96. The van der Waals surface area contributed by atoms with E-state index in [9.17, 15) is 0 Å². The monoisotopic (exact) mass is 262 g/mol. The molecular weight excluding hydrogens is 232 g/mol. The van der Waals surface area contributed by atoms with E-state index in [1.165, 1.54) is 11.3 Å². The molecule has 0 fully saturated rings. The zero-order valence-electron chi connectivity index (χ0n) is 13.7. The van der Waals surface area contributed by atoms with Gasteiger partial charge in [0.25, 0.3) is 0 Å². The molecule has 0 saturated heterocycles. The lowest BCUT2D eigenvalue weighted by Gasteiger charge is -2.38. The van der Waals surface area contributed by atoms with Gasteiger partial charge in [-0.1, -0.05) is 25.1 Å². The van der Waals surface area contributed by atoms with Crippen LogP contribution in [-0.4, -0.2) is 18.1 Å². The molecule has 0 aromatic heterocycles. The van der Waals surface area contributed by atoms with Gasteiger partial charge in [-0.05, 0) is 52.7 Å². The third kappa shape index (κ3) is 4.54. The van der Waals surface area contributed by atoms with E-state index >= 15 is 0 Å². The van der Waals surface area contributed by atoms with Crippen LogP contribution >= 0.6 is 0 Å². The van der Waals surface area contributed by atoms with Crippen LogP contribution in [0.25, 0.3) is 0 Å². The molecule has 0 heterocycles. The van der Waals surface area contributed by atoms with Gasteiger partial charge in [-0.25, -0.2) is 0 Å². The smallest absolute Gasteiger partial charge is 0.0413 e. The van der Waals surface area contributed by atoms with Crippen LogP contribution in [0.1, 0.15) is 53.5 Å². The van der Waals surface area contributed by atoms with Crippen LogP contribution in [0.4, 0.5) is 5.69 Å². The van der Waals surface area contributed by atoms with Gasteiger partial charge in [-0.15, -0.1) is 0 Å². The average Bonchev–Trinajstić information content (AvgIpc) is 2.35. The first-order chi connectivity index (χ1) is 8.67. The largest absolute Gasteiger partial charge is 0.369 e. The van der Waals surface area contributed by atoms with Gasteiger partial charge in [0.15, 0.2) is 0 Å².